The summed E-state index contributed by atoms with van der Waals surface area (Å²) in [5, 5.41) is 0. The number of hydrazine groups is 1. The molecule has 1 spiro atoms. The lowest BCUT2D eigenvalue weighted by Crippen LogP contribution is -2.40. The van der Waals surface area contributed by atoms with Crippen LogP contribution in [0.5, 0.6) is 0 Å². The van der Waals surface area contributed by atoms with Crippen LogP contribution >= 0.6 is 0 Å². The molecule has 2 aromatic rings. The Bertz CT molecular complexity index is 932. The van der Waals surface area contributed by atoms with E-state index in [1.807, 2.05) is 29.2 Å². The molecule has 0 aromatic heterocycles. The molecule has 0 unspecified atom stereocenters. The average Bonchev–Trinajstić information content (AvgIpc) is 3.40. The largest absolute Gasteiger partial charge is 0.312 e. The van der Waals surface area contributed by atoms with Crippen LogP contribution in [0.2, 0.25) is 0 Å². The van der Waals surface area contributed by atoms with Crippen molar-refractivity contribution >= 4 is 11.7 Å². The van der Waals surface area contributed by atoms with Gasteiger partial charge in [-0.05, 0) is 41.5 Å². The van der Waals surface area contributed by atoms with Gasteiger partial charge < -0.3 is 11.5 Å². The third kappa shape index (κ3) is 4.91. The number of unbranched alkanes of at least 4 members (excludes halogenated alkanes) is 1. The number of hydrogen-bond donors (Lipinski definition) is 4. The monoisotopic (exact) mass is 436 g/mol. The lowest BCUT2D eigenvalue weighted by atomic mass is 9.96. The molecule has 0 saturated heterocycles. The minimum absolute atomic E-state index is 0.203. The lowest BCUT2D eigenvalue weighted by Gasteiger charge is -2.23. The van der Waals surface area contributed by atoms with Gasteiger partial charge in [0.1, 0.15) is 11.4 Å². The molecule has 32 heavy (non-hydrogen) atoms. The maximum atomic E-state index is 13.3. The SMILES string of the molecule is CCCCC1=NC2(CCCC2)C(=O)N1Cc1ccc(-c2ccccc2C(N)N)cc1.NN. The van der Waals surface area contributed by atoms with Gasteiger partial charge >= 0.3 is 0 Å². The third-order valence-electron chi connectivity index (χ3n) is 6.41. The van der Waals surface area contributed by atoms with Crippen molar-refractivity contribution < 1.29 is 4.79 Å². The Kier molecular flexibility index (Phi) is 8.15. The summed E-state index contributed by atoms with van der Waals surface area (Å²) in [5.74, 6) is 9.18. The van der Waals surface area contributed by atoms with Crippen molar-refractivity contribution in [2.75, 3.05) is 0 Å². The van der Waals surface area contributed by atoms with Crippen molar-refractivity contribution in [3.05, 3.63) is 59.7 Å². The minimum atomic E-state index is -0.511. The van der Waals surface area contributed by atoms with E-state index in [0.29, 0.717) is 6.54 Å². The summed E-state index contributed by atoms with van der Waals surface area (Å²) in [5.41, 5.74) is 15.6. The van der Waals surface area contributed by atoms with Gasteiger partial charge in [0.15, 0.2) is 0 Å². The quantitative estimate of drug-likeness (QED) is 0.300. The number of carbonyl (C=O) groups excluding carboxylic acids is 1. The van der Waals surface area contributed by atoms with Gasteiger partial charge in [0.2, 0.25) is 0 Å². The standard InChI is InChI=1S/C25H32N4O.H4N2/c1-2-3-10-22-28-25(15-6-7-16-25)24(30)29(22)17-18-11-13-19(14-12-18)20-8-4-5-9-21(20)23(26)27;1-2/h4-5,8-9,11-14,23H,2-3,6-7,10,15-17,26-27H2,1H3;1-2H2. The first kappa shape index (κ1) is 24.1. The molecule has 172 valence electrons. The van der Waals surface area contributed by atoms with Gasteiger partial charge in [0.05, 0.1) is 12.7 Å². The van der Waals surface area contributed by atoms with Crippen LogP contribution in [0.1, 0.15) is 69.2 Å². The zero-order valence-corrected chi connectivity index (χ0v) is 19.0. The Morgan fingerprint density at radius 2 is 1.69 bits per heavy atom. The summed E-state index contributed by atoms with van der Waals surface area (Å²) in [6.45, 7) is 2.76. The molecule has 7 nitrogen and oxygen atoms in total. The van der Waals surface area contributed by atoms with E-state index in [2.05, 4.69) is 42.9 Å². The van der Waals surface area contributed by atoms with Crippen LogP contribution in [-0.4, -0.2) is 22.2 Å². The predicted octanol–water partition coefficient (Wildman–Crippen LogP) is 3.33. The van der Waals surface area contributed by atoms with E-state index < -0.39 is 11.7 Å². The van der Waals surface area contributed by atoms with Gasteiger partial charge in [-0.3, -0.25) is 26.4 Å². The number of amidine groups is 1. The summed E-state index contributed by atoms with van der Waals surface area (Å²) in [4.78, 5) is 20.2. The van der Waals surface area contributed by atoms with Crippen molar-refractivity contribution in [3.63, 3.8) is 0 Å². The summed E-state index contributed by atoms with van der Waals surface area (Å²) < 4.78 is 0. The molecule has 1 aliphatic heterocycles. The van der Waals surface area contributed by atoms with Crippen LogP contribution in [0, 0.1) is 0 Å². The fraction of sp³-hybridized carbons (Fsp3) is 0.440. The molecular formula is C25H36N6O. The second kappa shape index (κ2) is 10.8. The van der Waals surface area contributed by atoms with Gasteiger partial charge in [-0.25, -0.2) is 0 Å². The van der Waals surface area contributed by atoms with Crippen molar-refractivity contribution in [2.24, 2.45) is 28.1 Å². The first-order chi connectivity index (χ1) is 15.5. The van der Waals surface area contributed by atoms with Crippen LogP contribution in [0.15, 0.2) is 53.5 Å². The van der Waals surface area contributed by atoms with E-state index in [-0.39, 0.29) is 5.91 Å². The molecule has 2 aromatic carbocycles. The van der Waals surface area contributed by atoms with Crippen LogP contribution in [0.25, 0.3) is 11.1 Å². The molecule has 1 saturated carbocycles. The molecule has 0 bridgehead atoms. The lowest BCUT2D eigenvalue weighted by molar-refractivity contribution is -0.131. The predicted molar refractivity (Wildman–Crippen MR) is 130 cm³/mol. The Balaban J connectivity index is 0.00000141. The second-order valence-electron chi connectivity index (χ2n) is 8.57. The maximum absolute atomic E-state index is 13.3. The number of nitrogens with zero attached hydrogens (tertiary/aromatic N) is 2. The van der Waals surface area contributed by atoms with Crippen LogP contribution in [0.4, 0.5) is 0 Å². The minimum Gasteiger partial charge on any atom is -0.312 e. The fourth-order valence-electron chi connectivity index (χ4n) is 4.72. The Morgan fingerprint density at radius 1 is 1.03 bits per heavy atom. The third-order valence-corrected chi connectivity index (χ3v) is 6.41. The fourth-order valence-corrected chi connectivity index (χ4v) is 4.72. The molecular weight excluding hydrogens is 400 g/mol. The van der Waals surface area contributed by atoms with Crippen molar-refractivity contribution in [2.45, 2.75) is 70.1 Å². The average molecular weight is 437 g/mol. The Morgan fingerprint density at radius 3 is 2.31 bits per heavy atom. The van der Waals surface area contributed by atoms with Gasteiger partial charge in [0, 0.05) is 6.42 Å². The van der Waals surface area contributed by atoms with Gasteiger partial charge in [-0.1, -0.05) is 74.7 Å². The number of hydrogen-bond acceptors (Lipinski definition) is 6. The van der Waals surface area contributed by atoms with Crippen molar-refractivity contribution in [1.82, 2.24) is 4.90 Å². The van der Waals surface area contributed by atoms with E-state index in [4.69, 9.17) is 16.5 Å². The summed E-state index contributed by atoms with van der Waals surface area (Å²) in [6.07, 6.45) is 6.52. The Labute approximate surface area is 190 Å². The molecule has 0 atom stereocenters. The van der Waals surface area contributed by atoms with E-state index in [1.54, 1.807) is 0 Å². The van der Waals surface area contributed by atoms with Gasteiger partial charge in [-0.2, -0.15) is 0 Å². The summed E-state index contributed by atoms with van der Waals surface area (Å²) in [7, 11) is 0. The van der Waals surface area contributed by atoms with E-state index in [0.717, 1.165) is 73.0 Å². The molecule has 1 amide bonds. The topological polar surface area (TPSA) is 137 Å². The first-order valence-electron chi connectivity index (χ1n) is 11.5. The smallest absolute Gasteiger partial charge is 0.256 e. The summed E-state index contributed by atoms with van der Waals surface area (Å²) in [6, 6.07) is 16.3. The number of rotatable bonds is 7. The first-order valence-corrected chi connectivity index (χ1v) is 11.5. The molecule has 8 N–H and O–H groups in total. The van der Waals surface area contributed by atoms with E-state index in [9.17, 15) is 4.79 Å². The second-order valence-corrected chi connectivity index (χ2v) is 8.57. The summed E-state index contributed by atoms with van der Waals surface area (Å²) >= 11 is 0. The molecule has 4 rings (SSSR count). The molecule has 1 fully saturated rings. The molecule has 7 heteroatoms. The van der Waals surface area contributed by atoms with Crippen molar-refractivity contribution in [1.29, 1.82) is 0 Å². The van der Waals surface area contributed by atoms with Gasteiger partial charge in [-0.15, -0.1) is 0 Å². The number of aliphatic imine (C=N–C) groups is 1. The number of benzene rings is 2. The van der Waals surface area contributed by atoms with Gasteiger partial charge in [0.25, 0.3) is 5.91 Å². The van der Waals surface area contributed by atoms with Crippen LogP contribution in [0.3, 0.4) is 0 Å². The van der Waals surface area contributed by atoms with E-state index in [1.165, 1.54) is 0 Å². The number of amides is 1. The van der Waals surface area contributed by atoms with Crippen molar-refractivity contribution in [3.8, 4) is 11.1 Å². The Hall–Kier alpha value is -2.58. The normalized spacial score (nSPS) is 17.0. The molecule has 1 aliphatic carbocycles. The highest BCUT2D eigenvalue weighted by molar-refractivity contribution is 6.08. The van der Waals surface area contributed by atoms with Crippen LogP contribution < -0.4 is 23.2 Å². The van der Waals surface area contributed by atoms with Crippen LogP contribution in [-0.2, 0) is 11.3 Å². The highest BCUT2D eigenvalue weighted by Crippen LogP contribution is 2.40. The number of nitrogens with two attached hydrogens (primary N) is 4. The molecule has 2 aliphatic rings. The highest BCUT2D eigenvalue weighted by Gasteiger charge is 2.49. The maximum Gasteiger partial charge on any atom is 0.256 e. The number of carbonyl (C=O) groups is 1. The zero-order valence-electron chi connectivity index (χ0n) is 19.0. The molecule has 0 radical (unpaired) electrons. The molecule has 1 heterocycles. The highest BCUT2D eigenvalue weighted by atomic mass is 16.2. The zero-order chi connectivity index (χ0) is 23.1. The van der Waals surface area contributed by atoms with E-state index >= 15 is 0 Å².